The Labute approximate surface area is 156 Å². The first-order valence-electron chi connectivity index (χ1n) is 7.62. The number of hydrogen-bond donors (Lipinski definition) is 1. The zero-order chi connectivity index (χ0) is 19.4. The molecule has 138 valence electrons. The van der Waals surface area contributed by atoms with E-state index in [9.17, 15) is 19.7 Å². The van der Waals surface area contributed by atoms with Crippen molar-refractivity contribution in [3.63, 3.8) is 0 Å². The maximum absolute atomic E-state index is 12.0. The fourth-order valence-corrected chi connectivity index (χ4v) is 3.11. The van der Waals surface area contributed by atoms with Crippen molar-refractivity contribution in [1.29, 1.82) is 0 Å². The molecule has 2 aromatic carbocycles. The van der Waals surface area contributed by atoms with Gasteiger partial charge in [0, 0.05) is 12.1 Å². The average molecular weight is 387 g/mol. The molecule has 0 atom stereocenters. The summed E-state index contributed by atoms with van der Waals surface area (Å²) < 4.78 is 10.7. The molecule has 27 heavy (non-hydrogen) atoms. The molecule has 0 aliphatic heterocycles. The maximum Gasteiger partial charge on any atom is 0.337 e. The van der Waals surface area contributed by atoms with Gasteiger partial charge in [-0.3, -0.25) is 20.2 Å². The lowest BCUT2D eigenvalue weighted by Gasteiger charge is -2.05. The molecule has 0 unspecified atom stereocenters. The number of thiazole rings is 1. The fourth-order valence-electron chi connectivity index (χ4n) is 2.19. The van der Waals surface area contributed by atoms with Crippen LogP contribution in [0.1, 0.15) is 10.4 Å². The summed E-state index contributed by atoms with van der Waals surface area (Å²) in [7, 11) is 1.30. The summed E-state index contributed by atoms with van der Waals surface area (Å²) in [4.78, 5) is 37.9. The third-order valence-corrected chi connectivity index (χ3v) is 4.41. The molecule has 10 heteroatoms. The predicted molar refractivity (Wildman–Crippen MR) is 98.2 cm³/mol. The number of nitro benzene ring substituents is 1. The number of nitrogens with one attached hydrogen (secondary N) is 1. The summed E-state index contributed by atoms with van der Waals surface area (Å²) >= 11 is 1.21. The number of ether oxygens (including phenoxy) is 2. The SMILES string of the molecule is COC(=O)c1ccc2nc(NC(=O)COc3ccc([N+](=O)[O-])cc3)sc2c1. The molecule has 0 fully saturated rings. The number of amides is 1. The standard InChI is InChI=1S/C17H13N3O6S/c1-25-16(22)10-2-7-13-14(8-10)27-17(18-13)19-15(21)9-26-12-5-3-11(4-6-12)20(23)24/h2-8H,9H2,1H3,(H,18,19,21). The van der Waals surface area contributed by atoms with Crippen molar-refractivity contribution >= 4 is 44.2 Å². The van der Waals surface area contributed by atoms with Crippen LogP contribution in [0.5, 0.6) is 5.75 Å². The van der Waals surface area contributed by atoms with E-state index in [2.05, 4.69) is 15.0 Å². The first-order chi connectivity index (χ1) is 13.0. The van der Waals surface area contributed by atoms with Crippen LogP contribution in [-0.2, 0) is 9.53 Å². The highest BCUT2D eigenvalue weighted by molar-refractivity contribution is 7.22. The second-order valence-corrected chi connectivity index (χ2v) is 6.31. The zero-order valence-corrected chi connectivity index (χ0v) is 14.8. The lowest BCUT2D eigenvalue weighted by molar-refractivity contribution is -0.384. The van der Waals surface area contributed by atoms with Crippen molar-refractivity contribution in [2.75, 3.05) is 19.0 Å². The first kappa shape index (κ1) is 18.3. The van der Waals surface area contributed by atoms with Crippen molar-refractivity contribution < 1.29 is 24.0 Å². The van der Waals surface area contributed by atoms with E-state index >= 15 is 0 Å². The zero-order valence-electron chi connectivity index (χ0n) is 14.0. The molecular formula is C17H13N3O6S. The molecule has 1 N–H and O–H groups in total. The summed E-state index contributed by atoms with van der Waals surface area (Å²) in [5.41, 5.74) is 0.972. The number of rotatable bonds is 6. The number of non-ortho nitro benzene ring substituents is 1. The Kier molecular flexibility index (Phi) is 5.27. The number of benzene rings is 2. The molecule has 1 heterocycles. The molecule has 9 nitrogen and oxygen atoms in total. The van der Waals surface area contributed by atoms with Gasteiger partial charge in [0.2, 0.25) is 0 Å². The van der Waals surface area contributed by atoms with Gasteiger partial charge in [-0.15, -0.1) is 0 Å². The molecule has 0 spiro atoms. The number of nitrogens with zero attached hydrogens (tertiary/aromatic N) is 2. The fraction of sp³-hybridized carbons (Fsp3) is 0.118. The third-order valence-electron chi connectivity index (χ3n) is 3.47. The number of hydrogen-bond acceptors (Lipinski definition) is 8. The van der Waals surface area contributed by atoms with Crippen LogP contribution >= 0.6 is 11.3 Å². The minimum absolute atomic E-state index is 0.0624. The Morgan fingerprint density at radius 1 is 1.22 bits per heavy atom. The molecule has 0 bridgehead atoms. The van der Waals surface area contributed by atoms with E-state index in [1.54, 1.807) is 18.2 Å². The molecular weight excluding hydrogens is 374 g/mol. The van der Waals surface area contributed by atoms with E-state index in [1.165, 1.54) is 42.7 Å². The number of esters is 1. The van der Waals surface area contributed by atoms with Crippen LogP contribution < -0.4 is 10.1 Å². The van der Waals surface area contributed by atoms with Gasteiger partial charge in [0.1, 0.15) is 5.75 Å². The highest BCUT2D eigenvalue weighted by Crippen LogP contribution is 2.27. The van der Waals surface area contributed by atoms with Crippen molar-refractivity contribution in [3.8, 4) is 5.75 Å². The molecule has 3 aromatic rings. The van der Waals surface area contributed by atoms with Gasteiger partial charge in [-0.2, -0.15) is 0 Å². The van der Waals surface area contributed by atoms with Gasteiger partial charge in [-0.25, -0.2) is 9.78 Å². The molecule has 0 aliphatic rings. The van der Waals surface area contributed by atoms with Gasteiger partial charge in [0.25, 0.3) is 11.6 Å². The molecule has 1 aromatic heterocycles. The van der Waals surface area contributed by atoms with Crippen LogP contribution in [0.4, 0.5) is 10.8 Å². The monoisotopic (exact) mass is 387 g/mol. The molecule has 3 rings (SSSR count). The summed E-state index contributed by atoms with van der Waals surface area (Å²) in [6.07, 6.45) is 0. The van der Waals surface area contributed by atoms with Gasteiger partial charge in [0.05, 0.1) is 27.8 Å². The van der Waals surface area contributed by atoms with E-state index < -0.39 is 16.8 Å². The highest BCUT2D eigenvalue weighted by atomic mass is 32.1. The molecule has 1 amide bonds. The number of carbonyl (C=O) groups excluding carboxylic acids is 2. The summed E-state index contributed by atoms with van der Waals surface area (Å²) in [6, 6.07) is 10.3. The van der Waals surface area contributed by atoms with Gasteiger partial charge >= 0.3 is 5.97 Å². The van der Waals surface area contributed by atoms with E-state index in [0.717, 1.165) is 4.70 Å². The van der Waals surface area contributed by atoms with E-state index in [1.807, 2.05) is 0 Å². The van der Waals surface area contributed by atoms with Crippen LogP contribution in [0, 0.1) is 10.1 Å². The normalized spacial score (nSPS) is 10.4. The van der Waals surface area contributed by atoms with Gasteiger partial charge in [-0.05, 0) is 30.3 Å². The van der Waals surface area contributed by atoms with E-state index in [4.69, 9.17) is 4.74 Å². The van der Waals surface area contributed by atoms with E-state index in [-0.39, 0.29) is 12.3 Å². The largest absolute Gasteiger partial charge is 0.484 e. The maximum atomic E-state index is 12.0. The average Bonchev–Trinajstić information content (AvgIpc) is 3.07. The Morgan fingerprint density at radius 3 is 2.63 bits per heavy atom. The van der Waals surface area contributed by atoms with Crippen LogP contribution in [0.15, 0.2) is 42.5 Å². The number of nitro groups is 1. The third kappa shape index (κ3) is 4.36. The first-order valence-corrected chi connectivity index (χ1v) is 8.44. The number of aromatic nitrogens is 1. The van der Waals surface area contributed by atoms with Crippen LogP contribution in [0.3, 0.4) is 0 Å². The highest BCUT2D eigenvalue weighted by Gasteiger charge is 2.12. The van der Waals surface area contributed by atoms with Gasteiger partial charge in [-0.1, -0.05) is 11.3 Å². The van der Waals surface area contributed by atoms with Crippen molar-refractivity contribution in [2.45, 2.75) is 0 Å². The van der Waals surface area contributed by atoms with Gasteiger partial charge < -0.3 is 9.47 Å². The summed E-state index contributed by atoms with van der Waals surface area (Å²) in [5.74, 6) is -0.546. The van der Waals surface area contributed by atoms with Crippen molar-refractivity contribution in [2.24, 2.45) is 0 Å². The number of anilines is 1. The summed E-state index contributed by atoms with van der Waals surface area (Å²) in [6.45, 7) is -0.277. The van der Waals surface area contributed by atoms with Crippen LogP contribution in [0.25, 0.3) is 10.2 Å². The lowest BCUT2D eigenvalue weighted by Crippen LogP contribution is -2.19. The Bertz CT molecular complexity index is 1020. The topological polar surface area (TPSA) is 121 Å². The number of fused-ring (bicyclic) bond motifs is 1. The minimum atomic E-state index is -0.519. The molecule has 0 aliphatic carbocycles. The molecule has 0 saturated heterocycles. The molecule has 0 saturated carbocycles. The number of methoxy groups -OCH3 is 1. The van der Waals surface area contributed by atoms with Crippen molar-refractivity contribution in [1.82, 2.24) is 4.98 Å². The predicted octanol–water partition coefficient (Wildman–Crippen LogP) is 3.01. The quantitative estimate of drug-likeness (QED) is 0.392. The van der Waals surface area contributed by atoms with Crippen LogP contribution in [0.2, 0.25) is 0 Å². The Morgan fingerprint density at radius 2 is 1.96 bits per heavy atom. The summed E-state index contributed by atoms with van der Waals surface area (Å²) in [5, 5.41) is 13.6. The smallest absolute Gasteiger partial charge is 0.337 e. The van der Waals surface area contributed by atoms with Crippen LogP contribution in [-0.4, -0.2) is 35.5 Å². The lowest BCUT2D eigenvalue weighted by atomic mass is 10.2. The Balaban J connectivity index is 1.61. The van der Waals surface area contributed by atoms with Gasteiger partial charge in [0.15, 0.2) is 11.7 Å². The molecule has 0 radical (unpaired) electrons. The number of carbonyl (C=O) groups is 2. The minimum Gasteiger partial charge on any atom is -0.484 e. The van der Waals surface area contributed by atoms with E-state index in [0.29, 0.717) is 22.0 Å². The van der Waals surface area contributed by atoms with Crippen molar-refractivity contribution in [3.05, 3.63) is 58.1 Å². The Hall–Kier alpha value is -3.53. The second-order valence-electron chi connectivity index (χ2n) is 5.28. The second kappa shape index (κ2) is 7.79.